The molecule has 0 fully saturated rings. The maximum atomic E-state index is 2.44. The van der Waals surface area contributed by atoms with Crippen molar-refractivity contribution in [2.24, 2.45) is 0 Å². The van der Waals surface area contributed by atoms with Gasteiger partial charge in [0.05, 0.1) is 31.5 Å². The number of thiophene rings is 4. The SMILES string of the molecule is c1ccc(-c2ccc3c(c2)sc2cc(-c4cccc(-c5cccc6c5sc5c7ccccc7n(-c7ccccc7)c65)c4)ccc23)cc1.c1ccc(-c2cccc3c2sc2c(-c4cccc(-c5cccc6c5sc5c7ccccc7n(-c7ccccc7)c65)c4)cccc23)cc1. The minimum Gasteiger partial charge on any atom is -0.308 e. The predicted octanol–water partition coefficient (Wildman–Crippen LogP) is 26.7. The van der Waals surface area contributed by atoms with Gasteiger partial charge in [-0.1, -0.05) is 267 Å². The zero-order chi connectivity index (χ0) is 61.8. The van der Waals surface area contributed by atoms with Crippen LogP contribution in [-0.4, -0.2) is 9.13 Å². The van der Waals surface area contributed by atoms with Crippen molar-refractivity contribution in [3.05, 3.63) is 328 Å². The van der Waals surface area contributed by atoms with Crippen molar-refractivity contribution in [1.82, 2.24) is 9.13 Å². The first-order valence-corrected chi connectivity index (χ1v) is 35.1. The van der Waals surface area contributed by atoms with Crippen molar-refractivity contribution in [3.63, 3.8) is 0 Å². The first-order chi connectivity index (χ1) is 46.6. The van der Waals surface area contributed by atoms with Crippen LogP contribution in [0.2, 0.25) is 0 Å². The molecule has 0 unspecified atom stereocenters. The van der Waals surface area contributed by atoms with Gasteiger partial charge in [0.1, 0.15) is 0 Å². The van der Waals surface area contributed by atoms with Gasteiger partial charge in [0.15, 0.2) is 0 Å². The average Bonchev–Trinajstić information content (AvgIpc) is 1.57. The van der Waals surface area contributed by atoms with Gasteiger partial charge in [0, 0.05) is 82.7 Å². The van der Waals surface area contributed by atoms with E-state index in [0.717, 1.165) is 0 Å². The van der Waals surface area contributed by atoms with Gasteiger partial charge in [0.2, 0.25) is 0 Å². The Morgan fingerprint density at radius 2 is 0.500 bits per heavy atom. The van der Waals surface area contributed by atoms with E-state index in [2.05, 4.69) is 337 Å². The first-order valence-electron chi connectivity index (χ1n) is 31.9. The fraction of sp³-hybridized carbons (Fsp3) is 0. The van der Waals surface area contributed by atoms with Gasteiger partial charge < -0.3 is 9.13 Å². The average molecular weight is 1270 g/mol. The molecule has 20 rings (SSSR count). The summed E-state index contributed by atoms with van der Waals surface area (Å²) in [6.45, 7) is 0. The lowest BCUT2D eigenvalue weighted by molar-refractivity contribution is 1.19. The third-order valence-corrected chi connectivity index (χ3v) is 23.7. The number of aromatic nitrogens is 2. The van der Waals surface area contributed by atoms with Gasteiger partial charge in [0.25, 0.3) is 0 Å². The highest BCUT2D eigenvalue weighted by Gasteiger charge is 2.23. The number of benzene rings is 14. The van der Waals surface area contributed by atoms with E-state index in [1.165, 1.54) is 181 Å². The first kappa shape index (κ1) is 54.7. The lowest BCUT2D eigenvalue weighted by Crippen LogP contribution is -1.92. The summed E-state index contributed by atoms with van der Waals surface area (Å²) in [5.41, 5.74) is 22.6. The maximum Gasteiger partial charge on any atom is 0.0727 e. The molecule has 94 heavy (non-hydrogen) atoms. The smallest absolute Gasteiger partial charge is 0.0727 e. The molecule has 6 aromatic heterocycles. The van der Waals surface area contributed by atoms with Gasteiger partial charge in [-0.3, -0.25) is 0 Å². The maximum absolute atomic E-state index is 2.44. The summed E-state index contributed by atoms with van der Waals surface area (Å²) in [7, 11) is 0. The highest BCUT2D eigenvalue weighted by molar-refractivity contribution is 7.28. The Morgan fingerprint density at radius 3 is 0.979 bits per heavy atom. The molecular formula is C88H54N2S4. The molecule has 0 amide bonds. The van der Waals surface area contributed by atoms with E-state index in [-0.39, 0.29) is 0 Å². The van der Waals surface area contributed by atoms with Crippen LogP contribution in [-0.2, 0) is 0 Å². The second-order valence-corrected chi connectivity index (χ2v) is 28.3. The third-order valence-electron chi connectivity index (χ3n) is 18.8. The Labute approximate surface area is 558 Å². The molecule has 440 valence electrons. The van der Waals surface area contributed by atoms with E-state index >= 15 is 0 Å². The molecule has 2 nitrogen and oxygen atoms in total. The van der Waals surface area contributed by atoms with E-state index in [4.69, 9.17) is 0 Å². The minimum absolute atomic E-state index is 1.19. The largest absolute Gasteiger partial charge is 0.308 e. The Bertz CT molecular complexity index is 6340. The third kappa shape index (κ3) is 8.94. The molecule has 6 heterocycles. The summed E-state index contributed by atoms with van der Waals surface area (Å²) in [4.78, 5) is 0. The summed E-state index contributed by atoms with van der Waals surface area (Å²) in [5.74, 6) is 0. The number of rotatable bonds is 8. The number of fused-ring (bicyclic) bond motifs is 16. The van der Waals surface area contributed by atoms with E-state index < -0.39 is 0 Å². The lowest BCUT2D eigenvalue weighted by Gasteiger charge is -2.10. The Kier molecular flexibility index (Phi) is 13.1. The Hall–Kier alpha value is -11.0. The number of nitrogens with zero attached hydrogens (tertiary/aromatic N) is 2. The summed E-state index contributed by atoms with van der Waals surface area (Å²) in [5, 5.41) is 10.5. The van der Waals surface area contributed by atoms with Crippen molar-refractivity contribution in [3.8, 4) is 78.1 Å². The quantitative estimate of drug-likeness (QED) is 0.143. The highest BCUT2D eigenvalue weighted by Crippen LogP contribution is 2.50. The molecule has 0 aliphatic rings. The van der Waals surface area contributed by atoms with Crippen LogP contribution in [0.5, 0.6) is 0 Å². The lowest BCUT2D eigenvalue weighted by atomic mass is 9.97. The molecule has 0 saturated heterocycles. The Balaban J connectivity index is 0.000000133. The van der Waals surface area contributed by atoms with E-state index in [1.54, 1.807) is 0 Å². The van der Waals surface area contributed by atoms with E-state index in [0.29, 0.717) is 0 Å². The summed E-state index contributed by atoms with van der Waals surface area (Å²) < 4.78 is 15.6. The van der Waals surface area contributed by atoms with Crippen molar-refractivity contribution >= 4 is 148 Å². The van der Waals surface area contributed by atoms with Crippen LogP contribution >= 0.6 is 45.3 Å². The standard InChI is InChI=1S/2C44H27NS2/c1-3-13-28(14-4-1)32-20-10-23-35-36-24-11-21-33(42(36)46-41(32)35)29-15-9-16-30(27-29)34-22-12-25-38-40-44(47-43(34)38)37-19-7-8-26-39(37)45(40)31-17-5-2-6-18-31;1-3-11-28(12-4-1)30-21-23-35-36-24-22-31(27-41(36)46-40(35)26-30)29-13-9-14-32(25-29)34-18-10-19-38-42-44(47-43(34)38)37-17-7-8-20-39(37)45(42)33-15-5-2-6-16-33/h2*1-27H. The highest BCUT2D eigenvalue weighted by atomic mass is 32.1. The number of hydrogen-bond donors (Lipinski definition) is 0. The van der Waals surface area contributed by atoms with Crippen LogP contribution in [0.4, 0.5) is 0 Å². The normalized spacial score (nSPS) is 11.8. The van der Waals surface area contributed by atoms with Gasteiger partial charge in [-0.15, -0.1) is 45.3 Å². The van der Waals surface area contributed by atoms with Gasteiger partial charge >= 0.3 is 0 Å². The topological polar surface area (TPSA) is 9.86 Å². The van der Waals surface area contributed by atoms with Crippen LogP contribution < -0.4 is 0 Å². The zero-order valence-electron chi connectivity index (χ0n) is 50.7. The minimum atomic E-state index is 1.19. The fourth-order valence-corrected chi connectivity index (χ4v) is 19.8. The second-order valence-electron chi connectivity index (χ2n) is 24.2. The van der Waals surface area contributed by atoms with Crippen molar-refractivity contribution in [2.45, 2.75) is 0 Å². The van der Waals surface area contributed by atoms with E-state index in [1.807, 2.05) is 45.3 Å². The monoisotopic (exact) mass is 1270 g/mol. The molecule has 0 radical (unpaired) electrons. The summed E-state index contributed by atoms with van der Waals surface area (Å²) in [6, 6.07) is 120. The van der Waals surface area contributed by atoms with Gasteiger partial charge in [-0.25, -0.2) is 0 Å². The molecule has 0 bridgehead atoms. The fourth-order valence-electron chi connectivity index (χ4n) is 14.5. The number of hydrogen-bond acceptors (Lipinski definition) is 4. The molecule has 0 saturated carbocycles. The molecule has 0 aliphatic heterocycles. The van der Waals surface area contributed by atoms with Crippen molar-refractivity contribution < 1.29 is 0 Å². The molecular weight excluding hydrogens is 1210 g/mol. The zero-order valence-corrected chi connectivity index (χ0v) is 54.0. The molecule has 0 atom stereocenters. The molecule has 0 spiro atoms. The van der Waals surface area contributed by atoms with Gasteiger partial charge in [-0.05, 0) is 127 Å². The predicted molar refractivity (Wildman–Crippen MR) is 411 cm³/mol. The number of para-hydroxylation sites is 4. The van der Waals surface area contributed by atoms with E-state index in [9.17, 15) is 0 Å². The molecule has 6 heteroatoms. The van der Waals surface area contributed by atoms with Gasteiger partial charge in [-0.2, -0.15) is 0 Å². The molecule has 0 N–H and O–H groups in total. The molecule has 0 aliphatic carbocycles. The van der Waals surface area contributed by atoms with Crippen molar-refractivity contribution in [2.75, 3.05) is 0 Å². The van der Waals surface area contributed by atoms with Crippen LogP contribution in [0.15, 0.2) is 328 Å². The summed E-state index contributed by atoms with van der Waals surface area (Å²) in [6.07, 6.45) is 0. The molecule has 20 aromatic rings. The molecule has 14 aromatic carbocycles. The Morgan fingerprint density at radius 1 is 0.181 bits per heavy atom. The van der Waals surface area contributed by atoms with Crippen LogP contribution in [0.3, 0.4) is 0 Å². The van der Waals surface area contributed by atoms with Crippen LogP contribution in [0, 0.1) is 0 Å². The second kappa shape index (κ2) is 22.4. The van der Waals surface area contributed by atoms with Crippen LogP contribution in [0.1, 0.15) is 0 Å². The van der Waals surface area contributed by atoms with Crippen LogP contribution in [0.25, 0.3) is 181 Å². The summed E-state index contributed by atoms with van der Waals surface area (Å²) >= 11 is 7.63. The van der Waals surface area contributed by atoms with Crippen molar-refractivity contribution in [1.29, 1.82) is 0 Å².